The number of carbonyl (C=O) groups excluding carboxylic acids is 1. The van der Waals surface area contributed by atoms with Crippen molar-refractivity contribution < 1.29 is 9.90 Å². The van der Waals surface area contributed by atoms with Gasteiger partial charge in [0.25, 0.3) is 0 Å². The predicted molar refractivity (Wildman–Crippen MR) is 94.7 cm³/mol. The Morgan fingerprint density at radius 1 is 1.00 bits per heavy atom. The molecule has 1 amide bonds. The van der Waals surface area contributed by atoms with Crippen molar-refractivity contribution in [2.45, 2.75) is 0 Å². The number of phenols is 1. The normalized spacial score (nSPS) is 11.0. The van der Waals surface area contributed by atoms with E-state index in [4.69, 9.17) is 11.6 Å². The molecule has 0 radical (unpaired) electrons. The van der Waals surface area contributed by atoms with E-state index in [9.17, 15) is 9.90 Å². The molecule has 0 unspecified atom stereocenters. The van der Waals surface area contributed by atoms with Crippen molar-refractivity contribution in [2.24, 2.45) is 0 Å². The Balaban J connectivity index is 1.75. The number of hydrogen-bond acceptors (Lipinski definition) is 2. The fourth-order valence-corrected chi connectivity index (χ4v) is 2.44. The summed E-state index contributed by atoms with van der Waals surface area (Å²) < 4.78 is 0. The average Bonchev–Trinajstić information content (AvgIpc) is 2.56. The first kappa shape index (κ1) is 15.1. The Bertz CT molecular complexity index is 903. The van der Waals surface area contributed by atoms with Crippen LogP contribution < -0.4 is 5.32 Å². The molecular formula is C19H14ClNO2. The van der Waals surface area contributed by atoms with E-state index in [1.807, 2.05) is 42.5 Å². The van der Waals surface area contributed by atoms with E-state index in [0.29, 0.717) is 5.02 Å². The van der Waals surface area contributed by atoms with Crippen LogP contribution in [-0.2, 0) is 4.79 Å². The number of nitrogens with one attached hydrogen (secondary N) is 1. The number of fused-ring (bicyclic) bond motifs is 1. The number of rotatable bonds is 3. The van der Waals surface area contributed by atoms with E-state index in [-0.39, 0.29) is 17.3 Å². The summed E-state index contributed by atoms with van der Waals surface area (Å²) in [5, 5.41) is 15.0. The minimum absolute atomic E-state index is 0.0261. The van der Waals surface area contributed by atoms with Crippen LogP contribution >= 0.6 is 11.6 Å². The minimum atomic E-state index is -0.337. The van der Waals surface area contributed by atoms with E-state index in [1.54, 1.807) is 12.1 Å². The number of amides is 1. The van der Waals surface area contributed by atoms with Gasteiger partial charge in [-0.3, -0.25) is 4.79 Å². The number of aromatic hydroxyl groups is 1. The molecule has 0 bridgehead atoms. The third kappa shape index (κ3) is 3.71. The number of anilines is 1. The molecule has 114 valence electrons. The summed E-state index contributed by atoms with van der Waals surface area (Å²) in [5.41, 5.74) is 1.21. The highest BCUT2D eigenvalue weighted by Gasteiger charge is 2.04. The Morgan fingerprint density at radius 3 is 2.61 bits per heavy atom. The molecule has 0 saturated heterocycles. The zero-order valence-corrected chi connectivity index (χ0v) is 12.9. The quantitative estimate of drug-likeness (QED) is 0.534. The van der Waals surface area contributed by atoms with Gasteiger partial charge in [0.2, 0.25) is 5.91 Å². The Labute approximate surface area is 138 Å². The van der Waals surface area contributed by atoms with Crippen LogP contribution in [0, 0.1) is 0 Å². The predicted octanol–water partition coefficient (Wildman–Crippen LogP) is 4.85. The highest BCUT2D eigenvalue weighted by molar-refractivity contribution is 6.31. The summed E-state index contributed by atoms with van der Waals surface area (Å²) in [5.74, 6) is -0.363. The van der Waals surface area contributed by atoms with Gasteiger partial charge in [0.15, 0.2) is 0 Å². The zero-order valence-electron chi connectivity index (χ0n) is 12.2. The maximum Gasteiger partial charge on any atom is 0.248 e. The van der Waals surface area contributed by atoms with Crippen LogP contribution in [-0.4, -0.2) is 11.0 Å². The SMILES string of the molecule is O=C(/C=C/c1ccc2ccccc2c1)Nc1cc(Cl)ccc1O. The summed E-state index contributed by atoms with van der Waals surface area (Å²) in [6, 6.07) is 18.5. The molecule has 0 spiro atoms. The minimum Gasteiger partial charge on any atom is -0.506 e. The first-order valence-electron chi connectivity index (χ1n) is 7.08. The lowest BCUT2D eigenvalue weighted by molar-refractivity contribution is -0.111. The van der Waals surface area contributed by atoms with Crippen molar-refractivity contribution in [3.63, 3.8) is 0 Å². The third-order valence-corrected chi connectivity index (χ3v) is 3.65. The van der Waals surface area contributed by atoms with Crippen molar-refractivity contribution in [1.29, 1.82) is 0 Å². The molecule has 0 aliphatic heterocycles. The summed E-state index contributed by atoms with van der Waals surface area (Å²) in [6.45, 7) is 0. The number of hydrogen-bond donors (Lipinski definition) is 2. The highest BCUT2D eigenvalue weighted by Crippen LogP contribution is 2.26. The number of carbonyl (C=O) groups is 1. The van der Waals surface area contributed by atoms with Gasteiger partial charge in [-0.25, -0.2) is 0 Å². The van der Waals surface area contributed by atoms with Crippen LogP contribution in [0.2, 0.25) is 5.02 Å². The van der Waals surface area contributed by atoms with Crippen LogP contribution in [0.4, 0.5) is 5.69 Å². The highest BCUT2D eigenvalue weighted by atomic mass is 35.5. The van der Waals surface area contributed by atoms with Crippen LogP contribution in [0.1, 0.15) is 5.56 Å². The van der Waals surface area contributed by atoms with Gasteiger partial charge in [-0.1, -0.05) is 48.0 Å². The van der Waals surface area contributed by atoms with E-state index in [1.165, 1.54) is 18.2 Å². The van der Waals surface area contributed by atoms with Crippen molar-refractivity contribution in [3.05, 3.63) is 77.3 Å². The zero-order chi connectivity index (χ0) is 16.2. The second-order valence-corrected chi connectivity index (χ2v) is 5.53. The summed E-state index contributed by atoms with van der Waals surface area (Å²) >= 11 is 5.85. The molecule has 2 N–H and O–H groups in total. The number of halogens is 1. The van der Waals surface area contributed by atoms with Gasteiger partial charge in [0.05, 0.1) is 5.69 Å². The Kier molecular flexibility index (Phi) is 4.31. The second kappa shape index (κ2) is 6.55. The molecule has 0 aliphatic rings. The van der Waals surface area contributed by atoms with Crippen molar-refractivity contribution in [3.8, 4) is 5.75 Å². The average molecular weight is 324 g/mol. The molecule has 0 aliphatic carbocycles. The van der Waals surface area contributed by atoms with Crippen LogP contribution in [0.5, 0.6) is 5.75 Å². The molecule has 23 heavy (non-hydrogen) atoms. The maximum absolute atomic E-state index is 12.0. The second-order valence-electron chi connectivity index (χ2n) is 5.09. The smallest absolute Gasteiger partial charge is 0.248 e. The number of phenolic OH excluding ortho intramolecular Hbond substituents is 1. The molecular weight excluding hydrogens is 310 g/mol. The summed E-state index contributed by atoms with van der Waals surface area (Å²) in [7, 11) is 0. The summed E-state index contributed by atoms with van der Waals surface area (Å²) in [6.07, 6.45) is 3.15. The molecule has 3 nitrogen and oxygen atoms in total. The van der Waals surface area contributed by atoms with Gasteiger partial charge in [0, 0.05) is 11.1 Å². The lowest BCUT2D eigenvalue weighted by atomic mass is 10.1. The van der Waals surface area contributed by atoms with Crippen LogP contribution in [0.3, 0.4) is 0 Å². The fraction of sp³-hybridized carbons (Fsp3) is 0. The standard InChI is InChI=1S/C19H14ClNO2/c20-16-8-9-18(22)17(12-16)21-19(23)10-6-13-5-7-14-3-1-2-4-15(14)11-13/h1-12,22H,(H,21,23)/b10-6+. The monoisotopic (exact) mass is 323 g/mol. The lowest BCUT2D eigenvalue weighted by Gasteiger charge is -2.05. The molecule has 3 aromatic carbocycles. The molecule has 3 rings (SSSR count). The Morgan fingerprint density at radius 2 is 1.78 bits per heavy atom. The van der Waals surface area contributed by atoms with Gasteiger partial charge in [0.1, 0.15) is 5.75 Å². The largest absolute Gasteiger partial charge is 0.506 e. The van der Waals surface area contributed by atoms with Crippen molar-refractivity contribution in [1.82, 2.24) is 0 Å². The van der Waals surface area contributed by atoms with Gasteiger partial charge >= 0.3 is 0 Å². The fourth-order valence-electron chi connectivity index (χ4n) is 2.27. The van der Waals surface area contributed by atoms with Crippen molar-refractivity contribution >= 4 is 40.0 Å². The topological polar surface area (TPSA) is 49.3 Å². The van der Waals surface area contributed by atoms with Gasteiger partial charge in [-0.2, -0.15) is 0 Å². The molecule has 4 heteroatoms. The summed E-state index contributed by atoms with van der Waals surface area (Å²) in [4.78, 5) is 12.0. The van der Waals surface area contributed by atoms with Gasteiger partial charge < -0.3 is 10.4 Å². The van der Waals surface area contributed by atoms with Crippen molar-refractivity contribution in [2.75, 3.05) is 5.32 Å². The first-order valence-corrected chi connectivity index (χ1v) is 7.46. The lowest BCUT2D eigenvalue weighted by Crippen LogP contribution is -2.07. The molecule has 0 saturated carbocycles. The van der Waals surface area contributed by atoms with E-state index in [0.717, 1.165) is 16.3 Å². The molecule has 0 fully saturated rings. The first-order chi connectivity index (χ1) is 11.1. The number of benzene rings is 3. The van der Waals surface area contributed by atoms with Gasteiger partial charge in [-0.15, -0.1) is 0 Å². The van der Waals surface area contributed by atoms with E-state index >= 15 is 0 Å². The van der Waals surface area contributed by atoms with Crippen LogP contribution in [0.15, 0.2) is 66.7 Å². The molecule has 0 atom stereocenters. The van der Waals surface area contributed by atoms with E-state index in [2.05, 4.69) is 5.32 Å². The Hall–Kier alpha value is -2.78. The molecule has 3 aromatic rings. The molecule has 0 aromatic heterocycles. The van der Waals surface area contributed by atoms with Crippen LogP contribution in [0.25, 0.3) is 16.8 Å². The third-order valence-electron chi connectivity index (χ3n) is 3.42. The maximum atomic E-state index is 12.0. The van der Waals surface area contributed by atoms with E-state index < -0.39 is 0 Å². The van der Waals surface area contributed by atoms with Gasteiger partial charge in [-0.05, 0) is 46.7 Å². The molecule has 0 heterocycles.